The zero-order chi connectivity index (χ0) is 13.5. The summed E-state index contributed by atoms with van der Waals surface area (Å²) in [5, 5.41) is 11.2. The largest absolute Gasteiger partial charge is 0.480 e. The van der Waals surface area contributed by atoms with E-state index in [2.05, 4.69) is 10.3 Å². The van der Waals surface area contributed by atoms with Crippen LogP contribution in [-0.2, 0) is 17.8 Å². The number of carboxylic acids is 1. The number of carboxylic acid groups (broad SMARTS) is 1. The summed E-state index contributed by atoms with van der Waals surface area (Å²) < 4.78 is 0. The molecule has 0 aliphatic heterocycles. The predicted octanol–water partition coefficient (Wildman–Crippen LogP) is 0.870. The second-order valence-corrected chi connectivity index (χ2v) is 3.87. The fourth-order valence-corrected chi connectivity index (χ4v) is 1.52. The van der Waals surface area contributed by atoms with Gasteiger partial charge in [0.1, 0.15) is 6.54 Å². The monoisotopic (exact) mass is 251 g/mol. The van der Waals surface area contributed by atoms with Gasteiger partial charge in [0.15, 0.2) is 0 Å². The van der Waals surface area contributed by atoms with Gasteiger partial charge in [0.2, 0.25) is 0 Å². The van der Waals surface area contributed by atoms with Gasteiger partial charge in [0.05, 0.1) is 12.2 Å². The van der Waals surface area contributed by atoms with Crippen LogP contribution in [0.1, 0.15) is 18.2 Å². The van der Waals surface area contributed by atoms with Gasteiger partial charge in [-0.15, -0.1) is 0 Å². The lowest BCUT2D eigenvalue weighted by Crippen LogP contribution is -2.39. The Bertz CT molecular complexity index is 434. The van der Waals surface area contributed by atoms with Gasteiger partial charge >= 0.3 is 12.0 Å². The molecule has 1 heterocycles. The first kappa shape index (κ1) is 14.0. The van der Waals surface area contributed by atoms with Gasteiger partial charge < -0.3 is 15.3 Å². The highest BCUT2D eigenvalue weighted by molar-refractivity contribution is 5.79. The van der Waals surface area contributed by atoms with E-state index in [1.165, 1.54) is 7.05 Å². The number of pyridine rings is 1. The summed E-state index contributed by atoms with van der Waals surface area (Å²) in [4.78, 5) is 27.3. The van der Waals surface area contributed by atoms with E-state index in [1.54, 1.807) is 6.20 Å². The van der Waals surface area contributed by atoms with E-state index in [-0.39, 0.29) is 6.54 Å². The molecule has 6 heteroatoms. The van der Waals surface area contributed by atoms with Crippen molar-refractivity contribution in [3.05, 3.63) is 29.6 Å². The van der Waals surface area contributed by atoms with E-state index in [0.29, 0.717) is 6.54 Å². The Morgan fingerprint density at radius 1 is 1.50 bits per heavy atom. The maximum Gasteiger partial charge on any atom is 0.323 e. The van der Waals surface area contributed by atoms with E-state index in [0.717, 1.165) is 22.6 Å². The summed E-state index contributed by atoms with van der Waals surface area (Å²) in [7, 11) is 1.43. The SMILES string of the molecule is CCc1cccnc1CNC(=O)N(C)CC(=O)O. The second kappa shape index (κ2) is 6.58. The minimum absolute atomic E-state index is 0.298. The Morgan fingerprint density at radius 2 is 2.22 bits per heavy atom. The lowest BCUT2D eigenvalue weighted by atomic mass is 10.1. The summed E-state index contributed by atoms with van der Waals surface area (Å²) in [5.74, 6) is -1.04. The van der Waals surface area contributed by atoms with Gasteiger partial charge in [0, 0.05) is 13.2 Å². The molecule has 2 amide bonds. The number of aromatic nitrogens is 1. The molecule has 0 radical (unpaired) electrons. The summed E-state index contributed by atoms with van der Waals surface area (Å²) in [5.41, 5.74) is 1.87. The van der Waals surface area contributed by atoms with Crippen LogP contribution in [0.4, 0.5) is 4.79 Å². The third kappa shape index (κ3) is 4.04. The standard InChI is InChI=1S/C12H17N3O3/c1-3-9-5-4-6-13-10(9)7-14-12(18)15(2)8-11(16)17/h4-6H,3,7-8H2,1-2H3,(H,14,18)(H,16,17). The van der Waals surface area contributed by atoms with Crippen molar-refractivity contribution in [2.75, 3.05) is 13.6 Å². The van der Waals surface area contributed by atoms with Crippen LogP contribution >= 0.6 is 0 Å². The number of likely N-dealkylation sites (N-methyl/N-ethyl adjacent to an activating group) is 1. The first-order valence-electron chi connectivity index (χ1n) is 5.68. The zero-order valence-electron chi connectivity index (χ0n) is 10.5. The maximum atomic E-state index is 11.6. The molecular weight excluding hydrogens is 234 g/mol. The molecule has 0 saturated heterocycles. The molecule has 0 aliphatic carbocycles. The van der Waals surface area contributed by atoms with Crippen molar-refractivity contribution < 1.29 is 14.7 Å². The molecule has 1 aromatic heterocycles. The van der Waals surface area contributed by atoms with Gasteiger partial charge in [-0.05, 0) is 18.1 Å². The van der Waals surface area contributed by atoms with Crippen LogP contribution < -0.4 is 5.32 Å². The van der Waals surface area contributed by atoms with Gasteiger partial charge in [-0.1, -0.05) is 13.0 Å². The molecule has 0 aromatic carbocycles. The number of urea groups is 1. The predicted molar refractivity (Wildman–Crippen MR) is 66.1 cm³/mol. The topological polar surface area (TPSA) is 82.5 Å². The number of hydrogen-bond acceptors (Lipinski definition) is 3. The Hall–Kier alpha value is -2.11. The number of amides is 2. The first-order valence-corrected chi connectivity index (χ1v) is 5.68. The van der Waals surface area contributed by atoms with Gasteiger partial charge in [-0.25, -0.2) is 4.79 Å². The molecule has 0 fully saturated rings. The highest BCUT2D eigenvalue weighted by Gasteiger charge is 2.12. The number of nitrogens with zero attached hydrogens (tertiary/aromatic N) is 2. The van der Waals surface area contributed by atoms with E-state index >= 15 is 0 Å². The number of aliphatic carboxylic acids is 1. The number of rotatable bonds is 5. The van der Waals surface area contributed by atoms with Crippen molar-refractivity contribution in [3.8, 4) is 0 Å². The molecule has 2 N–H and O–H groups in total. The van der Waals surface area contributed by atoms with Crippen LogP contribution in [0.2, 0.25) is 0 Å². The zero-order valence-corrected chi connectivity index (χ0v) is 10.5. The third-order valence-corrected chi connectivity index (χ3v) is 2.49. The molecule has 0 aliphatic rings. The maximum absolute atomic E-state index is 11.6. The lowest BCUT2D eigenvalue weighted by Gasteiger charge is -2.16. The molecule has 0 unspecified atom stereocenters. The number of hydrogen-bond donors (Lipinski definition) is 2. The molecule has 0 atom stereocenters. The first-order chi connectivity index (χ1) is 8.54. The van der Waals surface area contributed by atoms with Crippen LogP contribution in [0.3, 0.4) is 0 Å². The highest BCUT2D eigenvalue weighted by atomic mass is 16.4. The second-order valence-electron chi connectivity index (χ2n) is 3.87. The minimum Gasteiger partial charge on any atom is -0.480 e. The van der Waals surface area contributed by atoms with E-state index in [4.69, 9.17) is 5.11 Å². The van der Waals surface area contributed by atoms with E-state index in [1.807, 2.05) is 19.1 Å². The molecule has 0 saturated carbocycles. The van der Waals surface area contributed by atoms with Crippen LogP contribution in [-0.4, -0.2) is 40.6 Å². The van der Waals surface area contributed by atoms with Crippen molar-refractivity contribution in [2.24, 2.45) is 0 Å². The minimum atomic E-state index is -1.04. The fraction of sp³-hybridized carbons (Fsp3) is 0.417. The third-order valence-electron chi connectivity index (χ3n) is 2.49. The Balaban J connectivity index is 2.54. The van der Waals surface area contributed by atoms with Crippen LogP contribution in [0.15, 0.2) is 18.3 Å². The number of aryl methyl sites for hydroxylation is 1. The summed E-state index contributed by atoms with van der Waals surface area (Å²) >= 11 is 0. The van der Waals surface area contributed by atoms with Gasteiger partial charge in [0.25, 0.3) is 0 Å². The summed E-state index contributed by atoms with van der Waals surface area (Å²) in [6, 6.07) is 3.38. The molecule has 0 bridgehead atoms. The van der Waals surface area contributed by atoms with Crippen molar-refractivity contribution in [3.63, 3.8) is 0 Å². The summed E-state index contributed by atoms with van der Waals surface area (Å²) in [6.45, 7) is 1.99. The van der Waals surface area contributed by atoms with Crippen molar-refractivity contribution in [2.45, 2.75) is 19.9 Å². The normalized spacial score (nSPS) is 9.89. The van der Waals surface area contributed by atoms with E-state index < -0.39 is 12.0 Å². The average Bonchev–Trinajstić information content (AvgIpc) is 2.35. The lowest BCUT2D eigenvalue weighted by molar-refractivity contribution is -0.137. The van der Waals surface area contributed by atoms with Crippen LogP contribution in [0, 0.1) is 0 Å². The van der Waals surface area contributed by atoms with Crippen molar-refractivity contribution in [1.82, 2.24) is 15.2 Å². The van der Waals surface area contributed by atoms with E-state index in [9.17, 15) is 9.59 Å². The van der Waals surface area contributed by atoms with Gasteiger partial charge in [-0.3, -0.25) is 9.78 Å². The quantitative estimate of drug-likeness (QED) is 0.813. The highest BCUT2D eigenvalue weighted by Crippen LogP contribution is 2.05. The van der Waals surface area contributed by atoms with Gasteiger partial charge in [-0.2, -0.15) is 0 Å². The molecule has 1 aromatic rings. The van der Waals surface area contributed by atoms with Crippen LogP contribution in [0.5, 0.6) is 0 Å². The Kier molecular flexibility index (Phi) is 5.10. The van der Waals surface area contributed by atoms with Crippen LogP contribution in [0.25, 0.3) is 0 Å². The van der Waals surface area contributed by atoms with Crippen molar-refractivity contribution in [1.29, 1.82) is 0 Å². The Labute approximate surface area is 106 Å². The fourth-order valence-electron chi connectivity index (χ4n) is 1.52. The number of carbonyl (C=O) groups is 2. The summed E-state index contributed by atoms with van der Waals surface area (Å²) in [6.07, 6.45) is 2.51. The molecule has 98 valence electrons. The molecule has 6 nitrogen and oxygen atoms in total. The Morgan fingerprint density at radius 3 is 2.83 bits per heavy atom. The smallest absolute Gasteiger partial charge is 0.323 e. The molecule has 1 rings (SSSR count). The average molecular weight is 251 g/mol. The molecule has 0 spiro atoms. The molecule has 18 heavy (non-hydrogen) atoms. The number of carbonyl (C=O) groups excluding carboxylic acids is 1. The molecular formula is C12H17N3O3. The van der Waals surface area contributed by atoms with Crippen molar-refractivity contribution >= 4 is 12.0 Å². The number of nitrogens with one attached hydrogen (secondary N) is 1.